The molecule has 1 fully saturated rings. The smallest absolute Gasteiger partial charge is 0.230 e. The summed E-state index contributed by atoms with van der Waals surface area (Å²) in [6, 6.07) is 0. The molecule has 4 nitrogen and oxygen atoms in total. The lowest BCUT2D eigenvalue weighted by atomic mass is 9.99. The minimum absolute atomic E-state index is 0. The van der Waals surface area contributed by atoms with Crippen LogP contribution in [0.25, 0.3) is 0 Å². The molecular formula is C12H20ClN3OS. The molecule has 0 spiro atoms. The summed E-state index contributed by atoms with van der Waals surface area (Å²) in [7, 11) is 0. The second kappa shape index (κ2) is 7.07. The molecule has 1 atom stereocenters. The van der Waals surface area contributed by atoms with Gasteiger partial charge in [-0.05, 0) is 25.3 Å². The number of thiazole rings is 1. The average Bonchev–Trinajstić information content (AvgIpc) is 2.79. The van der Waals surface area contributed by atoms with E-state index in [-0.39, 0.29) is 24.2 Å². The average molecular weight is 290 g/mol. The molecule has 0 saturated carbocycles. The molecule has 1 aromatic heterocycles. The summed E-state index contributed by atoms with van der Waals surface area (Å²) in [5.41, 5.74) is 0. The van der Waals surface area contributed by atoms with Crippen LogP contribution < -0.4 is 10.6 Å². The van der Waals surface area contributed by atoms with Crippen molar-refractivity contribution in [1.82, 2.24) is 10.3 Å². The zero-order valence-corrected chi connectivity index (χ0v) is 12.4. The highest BCUT2D eigenvalue weighted by atomic mass is 35.5. The third-order valence-corrected chi connectivity index (χ3v) is 4.20. The first-order valence-electron chi connectivity index (χ1n) is 6.14. The van der Waals surface area contributed by atoms with Gasteiger partial charge in [-0.1, -0.05) is 13.8 Å². The Hall–Kier alpha value is -0.650. The molecule has 2 rings (SSSR count). The number of nitrogens with zero attached hydrogens (tertiary/aromatic N) is 1. The van der Waals surface area contributed by atoms with Crippen LogP contribution in [0.5, 0.6) is 0 Å². The number of nitrogens with one attached hydrogen (secondary N) is 2. The molecular weight excluding hydrogens is 270 g/mol. The van der Waals surface area contributed by atoms with Crippen LogP contribution in [0.4, 0.5) is 5.13 Å². The van der Waals surface area contributed by atoms with Gasteiger partial charge in [0.2, 0.25) is 5.91 Å². The number of piperidine rings is 1. The summed E-state index contributed by atoms with van der Waals surface area (Å²) in [6.45, 7) is 6.07. The number of carbonyl (C=O) groups is 1. The van der Waals surface area contributed by atoms with E-state index in [9.17, 15) is 4.79 Å². The van der Waals surface area contributed by atoms with E-state index in [1.54, 1.807) is 11.3 Å². The molecule has 18 heavy (non-hydrogen) atoms. The lowest BCUT2D eigenvalue weighted by molar-refractivity contribution is -0.120. The van der Waals surface area contributed by atoms with Crippen molar-refractivity contribution in [3.8, 4) is 0 Å². The highest BCUT2D eigenvalue weighted by molar-refractivity contribution is 7.15. The first kappa shape index (κ1) is 15.4. The first-order valence-corrected chi connectivity index (χ1v) is 6.96. The van der Waals surface area contributed by atoms with Crippen molar-refractivity contribution < 1.29 is 4.79 Å². The lowest BCUT2D eigenvalue weighted by Gasteiger charge is -2.21. The summed E-state index contributed by atoms with van der Waals surface area (Å²) < 4.78 is 0. The van der Waals surface area contributed by atoms with Crippen LogP contribution in [0.15, 0.2) is 6.20 Å². The van der Waals surface area contributed by atoms with Crippen LogP contribution in [-0.2, 0) is 4.79 Å². The Morgan fingerprint density at radius 1 is 1.61 bits per heavy atom. The Balaban J connectivity index is 0.00000162. The van der Waals surface area contributed by atoms with Crippen LogP contribution in [0.1, 0.15) is 37.5 Å². The molecule has 1 aromatic rings. The normalized spacial score (nSPS) is 19.4. The fraction of sp³-hybridized carbons (Fsp3) is 0.667. The molecule has 1 aliphatic heterocycles. The van der Waals surface area contributed by atoms with Crippen LogP contribution in [0, 0.1) is 5.92 Å². The third-order valence-electron chi connectivity index (χ3n) is 2.99. The van der Waals surface area contributed by atoms with Crippen molar-refractivity contribution in [2.45, 2.75) is 32.6 Å². The molecule has 0 aliphatic carbocycles. The number of anilines is 1. The molecule has 0 bridgehead atoms. The lowest BCUT2D eigenvalue weighted by Crippen LogP contribution is -2.37. The Morgan fingerprint density at radius 3 is 2.94 bits per heavy atom. The standard InChI is InChI=1S/C12H19N3OS.ClH/c1-8(2)10-7-14-12(17-10)15-11(16)9-4-3-5-13-6-9;/h7-9,13H,3-6H2,1-2H3,(H,14,15,16);1H. The predicted molar refractivity (Wildman–Crippen MR) is 77.7 cm³/mol. The Labute approximate surface area is 118 Å². The van der Waals surface area contributed by atoms with Crippen LogP contribution in [-0.4, -0.2) is 24.0 Å². The maximum absolute atomic E-state index is 12.0. The fourth-order valence-corrected chi connectivity index (χ4v) is 2.72. The van der Waals surface area contributed by atoms with E-state index in [1.807, 2.05) is 6.20 Å². The molecule has 1 unspecified atom stereocenters. The minimum atomic E-state index is 0. The maximum Gasteiger partial charge on any atom is 0.230 e. The second-order valence-electron chi connectivity index (χ2n) is 4.76. The quantitative estimate of drug-likeness (QED) is 0.899. The zero-order valence-electron chi connectivity index (χ0n) is 10.7. The fourth-order valence-electron chi connectivity index (χ4n) is 1.89. The number of aromatic nitrogens is 1. The molecule has 0 radical (unpaired) electrons. The van der Waals surface area contributed by atoms with Crippen molar-refractivity contribution in [3.05, 3.63) is 11.1 Å². The zero-order chi connectivity index (χ0) is 12.3. The Kier molecular flexibility index (Phi) is 6.05. The molecule has 0 aromatic carbocycles. The van der Waals surface area contributed by atoms with E-state index in [1.165, 1.54) is 4.88 Å². The SMILES string of the molecule is CC(C)c1cnc(NC(=O)C2CCCNC2)s1.Cl. The van der Waals surface area contributed by atoms with Gasteiger partial charge >= 0.3 is 0 Å². The van der Waals surface area contributed by atoms with Gasteiger partial charge in [-0.15, -0.1) is 23.7 Å². The van der Waals surface area contributed by atoms with Crippen LogP contribution >= 0.6 is 23.7 Å². The van der Waals surface area contributed by atoms with E-state index in [4.69, 9.17) is 0 Å². The van der Waals surface area contributed by atoms with Crippen LogP contribution in [0.3, 0.4) is 0 Å². The van der Waals surface area contributed by atoms with Crippen molar-refractivity contribution in [2.75, 3.05) is 18.4 Å². The number of hydrogen-bond acceptors (Lipinski definition) is 4. The molecule has 1 aliphatic rings. The summed E-state index contributed by atoms with van der Waals surface area (Å²) in [5.74, 6) is 0.659. The summed E-state index contributed by atoms with van der Waals surface area (Å²) in [5, 5.41) is 6.89. The third kappa shape index (κ3) is 3.93. The topological polar surface area (TPSA) is 54.0 Å². The minimum Gasteiger partial charge on any atom is -0.316 e. The van der Waals surface area contributed by atoms with E-state index in [0.717, 1.165) is 31.1 Å². The van der Waals surface area contributed by atoms with Gasteiger partial charge in [0.1, 0.15) is 0 Å². The predicted octanol–water partition coefficient (Wildman–Crippen LogP) is 2.63. The van der Waals surface area contributed by atoms with Gasteiger partial charge in [-0.2, -0.15) is 0 Å². The van der Waals surface area contributed by atoms with Crippen molar-refractivity contribution >= 4 is 34.8 Å². The monoisotopic (exact) mass is 289 g/mol. The van der Waals surface area contributed by atoms with Crippen molar-refractivity contribution in [3.63, 3.8) is 0 Å². The summed E-state index contributed by atoms with van der Waals surface area (Å²) in [6.07, 6.45) is 3.90. The molecule has 1 saturated heterocycles. The van der Waals surface area contributed by atoms with Gasteiger partial charge in [0.25, 0.3) is 0 Å². The maximum atomic E-state index is 12.0. The van der Waals surface area contributed by atoms with Crippen molar-refractivity contribution in [2.24, 2.45) is 5.92 Å². The second-order valence-corrected chi connectivity index (χ2v) is 5.82. The van der Waals surface area contributed by atoms with Gasteiger partial charge in [0.05, 0.1) is 5.92 Å². The Bertz CT molecular complexity index is 388. The van der Waals surface area contributed by atoms with Gasteiger partial charge < -0.3 is 10.6 Å². The molecule has 2 N–H and O–H groups in total. The molecule has 102 valence electrons. The highest BCUT2D eigenvalue weighted by Gasteiger charge is 2.21. The van der Waals surface area contributed by atoms with E-state index >= 15 is 0 Å². The number of rotatable bonds is 3. The first-order chi connectivity index (χ1) is 8.16. The van der Waals surface area contributed by atoms with Gasteiger partial charge in [-0.3, -0.25) is 4.79 Å². The number of hydrogen-bond donors (Lipinski definition) is 2. The van der Waals surface area contributed by atoms with Gasteiger partial charge in [0.15, 0.2) is 5.13 Å². The molecule has 1 amide bonds. The highest BCUT2D eigenvalue weighted by Crippen LogP contribution is 2.25. The summed E-state index contributed by atoms with van der Waals surface area (Å²) >= 11 is 1.57. The van der Waals surface area contributed by atoms with Crippen LogP contribution in [0.2, 0.25) is 0 Å². The molecule has 2 heterocycles. The van der Waals surface area contributed by atoms with E-state index in [2.05, 4.69) is 29.5 Å². The molecule has 6 heteroatoms. The van der Waals surface area contributed by atoms with Gasteiger partial charge in [-0.25, -0.2) is 4.98 Å². The number of amides is 1. The number of halogens is 1. The van der Waals surface area contributed by atoms with E-state index < -0.39 is 0 Å². The van der Waals surface area contributed by atoms with Crippen molar-refractivity contribution in [1.29, 1.82) is 0 Å². The van der Waals surface area contributed by atoms with E-state index in [0.29, 0.717) is 5.92 Å². The largest absolute Gasteiger partial charge is 0.316 e. The summed E-state index contributed by atoms with van der Waals surface area (Å²) in [4.78, 5) is 17.4. The number of carbonyl (C=O) groups excluding carboxylic acids is 1. The van der Waals surface area contributed by atoms with Gasteiger partial charge in [0, 0.05) is 17.6 Å². The Morgan fingerprint density at radius 2 is 2.39 bits per heavy atom.